The van der Waals surface area contributed by atoms with E-state index in [1.807, 2.05) is 18.2 Å². The molecule has 0 amide bonds. The maximum Gasteiger partial charge on any atom is 0.144 e. The molecule has 1 aliphatic rings. The van der Waals surface area contributed by atoms with Crippen LogP contribution in [0.15, 0.2) is 40.9 Å². The van der Waals surface area contributed by atoms with Crippen molar-refractivity contribution in [2.24, 2.45) is 0 Å². The van der Waals surface area contributed by atoms with Crippen LogP contribution in [0.1, 0.15) is 17.7 Å². The zero-order chi connectivity index (χ0) is 10.1. The highest BCUT2D eigenvalue weighted by Gasteiger charge is 2.16. The topological polar surface area (TPSA) is 26.0 Å². The average Bonchev–Trinajstić information content (AvgIpc) is 2.74. The van der Waals surface area contributed by atoms with E-state index < -0.39 is 0 Å². The summed E-state index contributed by atoms with van der Waals surface area (Å²) in [5.41, 5.74) is 3.23. The van der Waals surface area contributed by atoms with Gasteiger partial charge < -0.3 is 4.52 Å². The largest absolute Gasteiger partial charge is 0.360 e. The van der Waals surface area contributed by atoms with Gasteiger partial charge in [0.25, 0.3) is 0 Å². The normalized spacial score (nSPS) is 13.9. The number of hydrogen-bond acceptors (Lipinski definition) is 2. The van der Waals surface area contributed by atoms with E-state index >= 15 is 0 Å². The Morgan fingerprint density at radius 1 is 1.13 bits per heavy atom. The molecule has 2 heteroatoms. The fraction of sp³-hybridized carbons (Fsp3) is 0.154. The molecule has 0 saturated heterocycles. The van der Waals surface area contributed by atoms with Gasteiger partial charge in [-0.15, -0.1) is 0 Å². The highest BCUT2D eigenvalue weighted by atomic mass is 16.5. The highest BCUT2D eigenvalue weighted by Crippen LogP contribution is 2.29. The molecular formula is C13H11NO. The van der Waals surface area contributed by atoms with Crippen LogP contribution in [0.25, 0.3) is 17.3 Å². The van der Waals surface area contributed by atoms with Crippen molar-refractivity contribution in [3.8, 4) is 11.3 Å². The Balaban J connectivity index is 2.15. The van der Waals surface area contributed by atoms with Gasteiger partial charge in [0.05, 0.1) is 0 Å². The summed E-state index contributed by atoms with van der Waals surface area (Å²) in [5.74, 6) is 1.01. The van der Waals surface area contributed by atoms with Crippen molar-refractivity contribution in [1.29, 1.82) is 0 Å². The lowest BCUT2D eigenvalue weighted by Crippen LogP contribution is -1.90. The predicted octanol–water partition coefficient (Wildman–Crippen LogP) is 3.30. The van der Waals surface area contributed by atoms with Crippen molar-refractivity contribution in [2.45, 2.75) is 12.8 Å². The van der Waals surface area contributed by atoms with E-state index in [1.54, 1.807) is 0 Å². The third-order valence-electron chi connectivity index (χ3n) is 2.67. The fourth-order valence-electron chi connectivity index (χ4n) is 1.90. The van der Waals surface area contributed by atoms with E-state index in [0.717, 1.165) is 35.4 Å². The molecule has 0 atom stereocenters. The van der Waals surface area contributed by atoms with E-state index in [4.69, 9.17) is 4.52 Å². The second kappa shape index (κ2) is 3.39. The van der Waals surface area contributed by atoms with Crippen LogP contribution >= 0.6 is 0 Å². The molecule has 1 aliphatic carbocycles. The number of rotatable bonds is 1. The third kappa shape index (κ3) is 1.38. The Bertz CT molecular complexity index is 497. The number of benzene rings is 1. The number of nitrogens with zero attached hydrogens (tertiary/aromatic N) is 1. The van der Waals surface area contributed by atoms with Crippen molar-refractivity contribution >= 4 is 6.08 Å². The van der Waals surface area contributed by atoms with Crippen molar-refractivity contribution in [3.63, 3.8) is 0 Å². The number of aryl methyl sites for hydroxylation is 1. The summed E-state index contributed by atoms with van der Waals surface area (Å²) < 4.78 is 5.34. The Labute approximate surface area is 88.2 Å². The first kappa shape index (κ1) is 8.48. The summed E-state index contributed by atoms with van der Waals surface area (Å²) in [6.45, 7) is 0. The Kier molecular flexibility index (Phi) is 1.91. The first-order chi connectivity index (χ1) is 7.45. The molecule has 0 saturated carbocycles. The van der Waals surface area contributed by atoms with Crippen molar-refractivity contribution in [3.05, 3.63) is 47.7 Å². The Morgan fingerprint density at radius 3 is 2.87 bits per heavy atom. The molecular weight excluding hydrogens is 186 g/mol. The number of hydrogen-bond donors (Lipinski definition) is 0. The molecule has 1 aromatic carbocycles. The smallest absolute Gasteiger partial charge is 0.144 e. The zero-order valence-corrected chi connectivity index (χ0v) is 8.31. The average molecular weight is 197 g/mol. The van der Waals surface area contributed by atoms with Gasteiger partial charge >= 0.3 is 0 Å². The van der Waals surface area contributed by atoms with Crippen molar-refractivity contribution < 1.29 is 4.52 Å². The van der Waals surface area contributed by atoms with Gasteiger partial charge in [0.15, 0.2) is 0 Å². The van der Waals surface area contributed by atoms with Gasteiger partial charge in [0.1, 0.15) is 11.5 Å². The van der Waals surface area contributed by atoms with Crippen LogP contribution in [0.4, 0.5) is 0 Å². The number of allylic oxidation sites excluding steroid dienone is 1. The molecule has 0 radical (unpaired) electrons. The maximum absolute atomic E-state index is 5.34. The first-order valence-corrected chi connectivity index (χ1v) is 5.15. The minimum absolute atomic E-state index is 0.960. The van der Waals surface area contributed by atoms with Crippen molar-refractivity contribution in [1.82, 2.24) is 5.16 Å². The van der Waals surface area contributed by atoms with E-state index in [1.165, 1.54) is 0 Å². The van der Waals surface area contributed by atoms with Gasteiger partial charge in [-0.3, -0.25) is 0 Å². The van der Waals surface area contributed by atoms with Crippen LogP contribution < -0.4 is 0 Å². The summed E-state index contributed by atoms with van der Waals surface area (Å²) in [6, 6.07) is 10.2. The Morgan fingerprint density at radius 2 is 2.00 bits per heavy atom. The standard InChI is InChI=1S/C13H11NO/c1-2-6-10(7-3-1)13-11-8-4-5-9-12(11)15-14-13/h1-4,6-8H,5,9H2. The number of aromatic nitrogens is 1. The molecule has 0 unspecified atom stereocenters. The molecule has 3 rings (SSSR count). The highest BCUT2D eigenvalue weighted by molar-refractivity contribution is 5.73. The number of fused-ring (bicyclic) bond motifs is 1. The molecule has 2 aromatic rings. The van der Waals surface area contributed by atoms with E-state index in [0.29, 0.717) is 0 Å². The molecule has 1 heterocycles. The van der Waals surface area contributed by atoms with E-state index in [-0.39, 0.29) is 0 Å². The van der Waals surface area contributed by atoms with Crippen LogP contribution in [-0.2, 0) is 6.42 Å². The van der Waals surface area contributed by atoms with E-state index in [9.17, 15) is 0 Å². The predicted molar refractivity (Wildman–Crippen MR) is 59.3 cm³/mol. The second-order valence-corrected chi connectivity index (χ2v) is 3.68. The van der Waals surface area contributed by atoms with Gasteiger partial charge in [-0.25, -0.2) is 0 Å². The minimum atomic E-state index is 0.960. The molecule has 1 aromatic heterocycles. The summed E-state index contributed by atoms with van der Waals surface area (Å²) in [4.78, 5) is 0. The Hall–Kier alpha value is -1.83. The van der Waals surface area contributed by atoms with Crippen molar-refractivity contribution in [2.75, 3.05) is 0 Å². The van der Waals surface area contributed by atoms with Gasteiger partial charge in [-0.2, -0.15) is 0 Å². The van der Waals surface area contributed by atoms with Crippen LogP contribution in [-0.4, -0.2) is 5.16 Å². The summed E-state index contributed by atoms with van der Waals surface area (Å²) in [6.07, 6.45) is 6.30. The lowest BCUT2D eigenvalue weighted by Gasteiger charge is -2.02. The summed E-state index contributed by atoms with van der Waals surface area (Å²) in [5, 5.41) is 4.14. The van der Waals surface area contributed by atoms with Crippen LogP contribution in [0.5, 0.6) is 0 Å². The fourth-order valence-corrected chi connectivity index (χ4v) is 1.90. The van der Waals surface area contributed by atoms with Gasteiger partial charge in [0, 0.05) is 17.5 Å². The lowest BCUT2D eigenvalue weighted by molar-refractivity contribution is 0.385. The van der Waals surface area contributed by atoms with Crippen LogP contribution in [0, 0.1) is 0 Å². The quantitative estimate of drug-likeness (QED) is 0.701. The minimum Gasteiger partial charge on any atom is -0.360 e. The second-order valence-electron chi connectivity index (χ2n) is 3.68. The molecule has 0 aliphatic heterocycles. The molecule has 0 fully saturated rings. The molecule has 15 heavy (non-hydrogen) atoms. The van der Waals surface area contributed by atoms with Gasteiger partial charge in [-0.1, -0.05) is 47.6 Å². The monoisotopic (exact) mass is 197 g/mol. The lowest BCUT2D eigenvalue weighted by atomic mass is 10.00. The van der Waals surface area contributed by atoms with Gasteiger partial charge in [-0.05, 0) is 6.42 Å². The maximum atomic E-state index is 5.34. The first-order valence-electron chi connectivity index (χ1n) is 5.15. The molecule has 74 valence electrons. The van der Waals surface area contributed by atoms with Gasteiger partial charge in [0.2, 0.25) is 0 Å². The zero-order valence-electron chi connectivity index (χ0n) is 8.31. The van der Waals surface area contributed by atoms with Crippen LogP contribution in [0.3, 0.4) is 0 Å². The molecule has 2 nitrogen and oxygen atoms in total. The summed E-state index contributed by atoms with van der Waals surface area (Å²) >= 11 is 0. The third-order valence-corrected chi connectivity index (χ3v) is 2.67. The van der Waals surface area contributed by atoms with Crippen LogP contribution in [0.2, 0.25) is 0 Å². The van der Waals surface area contributed by atoms with E-state index in [2.05, 4.69) is 29.4 Å². The summed E-state index contributed by atoms with van der Waals surface area (Å²) in [7, 11) is 0. The molecule has 0 bridgehead atoms. The molecule has 0 spiro atoms. The molecule has 0 N–H and O–H groups in total. The SMILES string of the molecule is C1=Cc2c(-c3ccccc3)noc2CC1.